The van der Waals surface area contributed by atoms with Crippen LogP contribution in [0.4, 0.5) is 0 Å². The third-order valence-corrected chi connectivity index (χ3v) is 2.11. The zero-order valence-electron chi connectivity index (χ0n) is 8.64. The number of benzene rings is 1. The van der Waals surface area contributed by atoms with Gasteiger partial charge in [-0.1, -0.05) is 30.3 Å². The Balaban J connectivity index is 2.62. The second-order valence-corrected chi connectivity index (χ2v) is 3.13. The summed E-state index contributed by atoms with van der Waals surface area (Å²) >= 11 is 0. The molecule has 0 aliphatic carbocycles. The van der Waals surface area contributed by atoms with Gasteiger partial charge in [-0.15, -0.1) is 0 Å². The second kappa shape index (κ2) is 6.16. The molecular formula is C11H15NO3. The zero-order valence-corrected chi connectivity index (χ0v) is 8.64. The number of hydrogen-bond donors (Lipinski definition) is 2. The highest BCUT2D eigenvalue weighted by molar-refractivity contribution is 5.76. The maximum absolute atomic E-state index is 11.3. The number of nitrogens with one attached hydrogen (secondary N) is 1. The van der Waals surface area contributed by atoms with Gasteiger partial charge in [-0.25, -0.2) is 0 Å². The first kappa shape index (κ1) is 11.7. The van der Waals surface area contributed by atoms with Crippen LogP contribution in [0, 0.1) is 0 Å². The molecule has 1 atom stereocenters. The van der Waals surface area contributed by atoms with Crippen LogP contribution >= 0.6 is 0 Å². The van der Waals surface area contributed by atoms with Crippen LogP contribution in [-0.4, -0.2) is 31.0 Å². The Labute approximate surface area is 88.9 Å². The quantitative estimate of drug-likeness (QED) is 0.541. The Morgan fingerprint density at radius 1 is 1.47 bits per heavy atom. The number of aliphatic hydroxyl groups is 1. The van der Waals surface area contributed by atoms with E-state index < -0.39 is 6.04 Å². The molecule has 2 N–H and O–H groups in total. The Bertz CT molecular complexity index is 300. The van der Waals surface area contributed by atoms with Gasteiger partial charge in [0.15, 0.2) is 0 Å². The highest BCUT2D eigenvalue weighted by Crippen LogP contribution is 2.04. The van der Waals surface area contributed by atoms with Crippen molar-refractivity contribution in [2.75, 3.05) is 13.8 Å². The standard InChI is InChI=1S/C11H15NO3/c1-15-11(14)10(12-8-13)7-9-5-3-2-4-6-9/h2-6,10,12-13H,7-8H2,1H3/t10-/m0/s1. The lowest BCUT2D eigenvalue weighted by Gasteiger charge is -2.14. The summed E-state index contributed by atoms with van der Waals surface area (Å²) in [5.41, 5.74) is 1.02. The average Bonchev–Trinajstić information content (AvgIpc) is 2.29. The molecule has 0 radical (unpaired) electrons. The summed E-state index contributed by atoms with van der Waals surface area (Å²) < 4.78 is 4.62. The van der Waals surface area contributed by atoms with E-state index >= 15 is 0 Å². The Hall–Kier alpha value is -1.39. The van der Waals surface area contributed by atoms with Crippen molar-refractivity contribution in [2.45, 2.75) is 12.5 Å². The molecule has 0 amide bonds. The van der Waals surface area contributed by atoms with E-state index in [9.17, 15) is 4.79 Å². The van der Waals surface area contributed by atoms with Crippen LogP contribution in [0.2, 0.25) is 0 Å². The molecule has 4 heteroatoms. The molecule has 0 bridgehead atoms. The first-order valence-electron chi connectivity index (χ1n) is 4.74. The molecule has 0 aliphatic heterocycles. The second-order valence-electron chi connectivity index (χ2n) is 3.13. The fourth-order valence-electron chi connectivity index (χ4n) is 1.34. The van der Waals surface area contributed by atoms with Gasteiger partial charge >= 0.3 is 5.97 Å². The van der Waals surface area contributed by atoms with Gasteiger partial charge in [0.25, 0.3) is 0 Å². The van der Waals surface area contributed by atoms with Crippen molar-refractivity contribution in [2.24, 2.45) is 0 Å². The molecular weight excluding hydrogens is 194 g/mol. The molecule has 0 unspecified atom stereocenters. The van der Waals surface area contributed by atoms with Crippen LogP contribution in [0.3, 0.4) is 0 Å². The first-order chi connectivity index (χ1) is 7.27. The summed E-state index contributed by atoms with van der Waals surface area (Å²) in [4.78, 5) is 11.3. The van der Waals surface area contributed by atoms with Crippen LogP contribution in [0.1, 0.15) is 5.56 Å². The van der Waals surface area contributed by atoms with Crippen LogP contribution < -0.4 is 5.32 Å². The lowest BCUT2D eigenvalue weighted by Crippen LogP contribution is -2.39. The number of carbonyl (C=O) groups excluding carboxylic acids is 1. The average molecular weight is 209 g/mol. The van der Waals surface area contributed by atoms with Crippen LogP contribution in [0.5, 0.6) is 0 Å². The first-order valence-corrected chi connectivity index (χ1v) is 4.74. The summed E-state index contributed by atoms with van der Waals surface area (Å²) in [6.07, 6.45) is 0.508. The SMILES string of the molecule is COC(=O)[C@H](Cc1ccccc1)NCO. The van der Waals surface area contributed by atoms with Gasteiger partial charge in [-0.3, -0.25) is 10.1 Å². The lowest BCUT2D eigenvalue weighted by atomic mass is 10.1. The molecule has 0 aliphatic rings. The zero-order chi connectivity index (χ0) is 11.1. The van der Waals surface area contributed by atoms with Gasteiger partial charge in [-0.2, -0.15) is 0 Å². The third kappa shape index (κ3) is 3.69. The molecule has 0 saturated carbocycles. The number of esters is 1. The molecule has 1 aromatic rings. The van der Waals surface area contributed by atoms with Crippen molar-refractivity contribution < 1.29 is 14.6 Å². The Morgan fingerprint density at radius 3 is 2.67 bits per heavy atom. The number of carbonyl (C=O) groups is 1. The molecule has 0 saturated heterocycles. The fraction of sp³-hybridized carbons (Fsp3) is 0.364. The minimum Gasteiger partial charge on any atom is -0.468 e. The van der Waals surface area contributed by atoms with E-state index in [2.05, 4.69) is 10.1 Å². The van der Waals surface area contributed by atoms with E-state index in [4.69, 9.17) is 5.11 Å². The summed E-state index contributed by atoms with van der Waals surface area (Å²) in [6.45, 7) is -0.243. The maximum atomic E-state index is 11.3. The summed E-state index contributed by atoms with van der Waals surface area (Å²) in [6, 6.07) is 9.08. The maximum Gasteiger partial charge on any atom is 0.323 e. The van der Waals surface area contributed by atoms with Gasteiger partial charge in [-0.05, 0) is 12.0 Å². The van der Waals surface area contributed by atoms with Gasteiger partial charge in [0, 0.05) is 0 Å². The van der Waals surface area contributed by atoms with E-state index in [1.165, 1.54) is 7.11 Å². The highest BCUT2D eigenvalue weighted by atomic mass is 16.5. The summed E-state index contributed by atoms with van der Waals surface area (Å²) in [5, 5.41) is 11.4. The molecule has 0 fully saturated rings. The number of methoxy groups -OCH3 is 1. The molecule has 82 valence electrons. The Morgan fingerprint density at radius 2 is 2.13 bits per heavy atom. The highest BCUT2D eigenvalue weighted by Gasteiger charge is 2.18. The molecule has 4 nitrogen and oxygen atoms in total. The number of rotatable bonds is 5. The van der Waals surface area contributed by atoms with E-state index in [1.807, 2.05) is 30.3 Å². The van der Waals surface area contributed by atoms with Crippen molar-refractivity contribution in [3.8, 4) is 0 Å². The van der Waals surface area contributed by atoms with Gasteiger partial charge < -0.3 is 9.84 Å². The van der Waals surface area contributed by atoms with E-state index in [0.717, 1.165) is 5.56 Å². The van der Waals surface area contributed by atoms with E-state index in [-0.39, 0.29) is 12.7 Å². The third-order valence-electron chi connectivity index (χ3n) is 2.11. The van der Waals surface area contributed by atoms with Gasteiger partial charge in [0.2, 0.25) is 0 Å². The molecule has 1 aromatic carbocycles. The van der Waals surface area contributed by atoms with Crippen LogP contribution in [-0.2, 0) is 16.0 Å². The predicted octanol–water partition coefficient (Wildman–Crippen LogP) is 0.310. The fourth-order valence-corrected chi connectivity index (χ4v) is 1.34. The van der Waals surface area contributed by atoms with Crippen LogP contribution in [0.15, 0.2) is 30.3 Å². The van der Waals surface area contributed by atoms with Crippen molar-refractivity contribution in [1.82, 2.24) is 5.32 Å². The lowest BCUT2D eigenvalue weighted by molar-refractivity contribution is -0.143. The minimum atomic E-state index is -0.498. The topological polar surface area (TPSA) is 58.6 Å². The molecule has 1 rings (SSSR count). The van der Waals surface area contributed by atoms with Gasteiger partial charge in [0.05, 0.1) is 13.8 Å². The predicted molar refractivity (Wildman–Crippen MR) is 56.2 cm³/mol. The van der Waals surface area contributed by atoms with Gasteiger partial charge in [0.1, 0.15) is 6.04 Å². The molecule has 0 aromatic heterocycles. The Kier molecular flexibility index (Phi) is 4.80. The largest absolute Gasteiger partial charge is 0.468 e. The number of aliphatic hydroxyl groups excluding tert-OH is 1. The normalized spacial score (nSPS) is 12.1. The smallest absolute Gasteiger partial charge is 0.323 e. The van der Waals surface area contributed by atoms with Crippen molar-refractivity contribution >= 4 is 5.97 Å². The number of hydrogen-bond acceptors (Lipinski definition) is 4. The minimum absolute atomic E-state index is 0.243. The summed E-state index contributed by atoms with van der Waals surface area (Å²) in [7, 11) is 1.33. The number of ether oxygens (including phenoxy) is 1. The van der Waals surface area contributed by atoms with Crippen molar-refractivity contribution in [3.05, 3.63) is 35.9 Å². The van der Waals surface area contributed by atoms with E-state index in [1.54, 1.807) is 0 Å². The molecule has 0 spiro atoms. The molecule has 0 heterocycles. The summed E-state index contributed by atoms with van der Waals surface area (Å²) in [5.74, 6) is -0.368. The monoisotopic (exact) mass is 209 g/mol. The van der Waals surface area contributed by atoms with Crippen molar-refractivity contribution in [3.63, 3.8) is 0 Å². The molecule has 15 heavy (non-hydrogen) atoms. The van der Waals surface area contributed by atoms with Crippen LogP contribution in [0.25, 0.3) is 0 Å². The van der Waals surface area contributed by atoms with Crippen molar-refractivity contribution in [1.29, 1.82) is 0 Å². The van der Waals surface area contributed by atoms with E-state index in [0.29, 0.717) is 6.42 Å².